The third kappa shape index (κ3) is 5.13. The molecule has 2 aromatic carbocycles. The Balaban J connectivity index is 2.00. The molecule has 2 rings (SSSR count). The zero-order valence-electron chi connectivity index (χ0n) is 14.8. The van der Waals surface area contributed by atoms with Gasteiger partial charge in [-0.3, -0.25) is 4.79 Å². The molecule has 1 N–H and O–H groups in total. The number of rotatable bonds is 7. The van der Waals surface area contributed by atoms with E-state index in [1.54, 1.807) is 14.2 Å². The maximum Gasteiger partial charge on any atom is 0.258 e. The van der Waals surface area contributed by atoms with Gasteiger partial charge >= 0.3 is 0 Å². The molecule has 0 heterocycles. The highest BCUT2D eigenvalue weighted by molar-refractivity contribution is 9.10. The molecule has 0 radical (unpaired) electrons. The third-order valence-electron chi connectivity index (χ3n) is 3.73. The lowest BCUT2D eigenvalue weighted by molar-refractivity contribution is -0.123. The normalized spacial score (nSPS) is 11.6. The first-order valence-corrected chi connectivity index (χ1v) is 8.64. The monoisotopic (exact) mass is 407 g/mol. The molecular weight excluding hydrogens is 386 g/mol. The third-order valence-corrected chi connectivity index (χ3v) is 4.35. The van der Waals surface area contributed by atoms with E-state index in [4.69, 9.17) is 14.2 Å². The van der Waals surface area contributed by atoms with E-state index in [-0.39, 0.29) is 18.6 Å². The zero-order valence-corrected chi connectivity index (χ0v) is 16.3. The number of aryl methyl sites for hydroxylation is 1. The Bertz CT molecular complexity index is 748. The Morgan fingerprint density at radius 2 is 1.84 bits per heavy atom. The lowest BCUT2D eigenvalue weighted by atomic mass is 10.1. The number of amides is 1. The topological polar surface area (TPSA) is 56.8 Å². The van der Waals surface area contributed by atoms with E-state index in [1.807, 2.05) is 50.2 Å². The van der Waals surface area contributed by atoms with E-state index in [2.05, 4.69) is 21.2 Å². The summed E-state index contributed by atoms with van der Waals surface area (Å²) in [5, 5.41) is 2.91. The van der Waals surface area contributed by atoms with Gasteiger partial charge in [-0.25, -0.2) is 0 Å². The second-order valence-electron chi connectivity index (χ2n) is 5.62. The van der Waals surface area contributed by atoms with Gasteiger partial charge in [-0.2, -0.15) is 0 Å². The van der Waals surface area contributed by atoms with E-state index in [1.165, 1.54) is 0 Å². The van der Waals surface area contributed by atoms with Crippen LogP contribution < -0.4 is 19.5 Å². The molecule has 0 bridgehead atoms. The summed E-state index contributed by atoms with van der Waals surface area (Å²) in [6.07, 6.45) is 0. The molecule has 0 saturated heterocycles. The van der Waals surface area contributed by atoms with Crippen LogP contribution in [0.4, 0.5) is 0 Å². The van der Waals surface area contributed by atoms with E-state index >= 15 is 0 Å². The molecule has 0 saturated carbocycles. The average molecular weight is 408 g/mol. The molecule has 25 heavy (non-hydrogen) atoms. The van der Waals surface area contributed by atoms with Gasteiger partial charge in [0.15, 0.2) is 6.61 Å². The van der Waals surface area contributed by atoms with E-state index in [9.17, 15) is 4.79 Å². The fraction of sp³-hybridized carbons (Fsp3) is 0.316. The summed E-state index contributed by atoms with van der Waals surface area (Å²) >= 11 is 3.43. The number of ether oxygens (including phenoxy) is 3. The molecule has 1 atom stereocenters. The Labute approximate surface area is 156 Å². The van der Waals surface area contributed by atoms with Crippen LogP contribution in [0, 0.1) is 6.92 Å². The molecule has 0 unspecified atom stereocenters. The molecule has 0 fully saturated rings. The smallest absolute Gasteiger partial charge is 0.258 e. The van der Waals surface area contributed by atoms with Gasteiger partial charge in [0.25, 0.3) is 5.91 Å². The molecule has 0 aromatic heterocycles. The van der Waals surface area contributed by atoms with Gasteiger partial charge in [0.2, 0.25) is 0 Å². The first kappa shape index (κ1) is 19.1. The molecule has 5 nitrogen and oxygen atoms in total. The quantitative estimate of drug-likeness (QED) is 0.752. The van der Waals surface area contributed by atoms with Crippen molar-refractivity contribution in [2.24, 2.45) is 0 Å². The molecule has 1 amide bonds. The van der Waals surface area contributed by atoms with Crippen LogP contribution in [0.2, 0.25) is 0 Å². The molecule has 134 valence electrons. The van der Waals surface area contributed by atoms with Crippen molar-refractivity contribution in [3.8, 4) is 17.2 Å². The zero-order chi connectivity index (χ0) is 18.4. The summed E-state index contributed by atoms with van der Waals surface area (Å²) in [4.78, 5) is 12.2. The summed E-state index contributed by atoms with van der Waals surface area (Å²) in [5.74, 6) is 1.81. The van der Waals surface area contributed by atoms with Gasteiger partial charge in [-0.1, -0.05) is 6.07 Å². The molecule has 0 spiro atoms. The maximum atomic E-state index is 12.2. The fourth-order valence-corrected chi connectivity index (χ4v) is 3.01. The average Bonchev–Trinajstić information content (AvgIpc) is 2.60. The largest absolute Gasteiger partial charge is 0.497 e. The number of nitrogens with one attached hydrogen (secondary N) is 1. The van der Waals surface area contributed by atoms with Crippen molar-refractivity contribution < 1.29 is 19.0 Å². The maximum absolute atomic E-state index is 12.2. The number of methoxy groups -OCH3 is 2. The summed E-state index contributed by atoms with van der Waals surface area (Å²) in [6, 6.07) is 10.9. The second-order valence-corrected chi connectivity index (χ2v) is 6.47. The second kappa shape index (κ2) is 8.76. The molecule has 0 aliphatic heterocycles. The Morgan fingerprint density at radius 1 is 1.12 bits per heavy atom. The summed E-state index contributed by atoms with van der Waals surface area (Å²) in [7, 11) is 3.19. The van der Waals surface area contributed by atoms with Crippen LogP contribution in [0.15, 0.2) is 40.9 Å². The Kier molecular flexibility index (Phi) is 6.70. The van der Waals surface area contributed by atoms with E-state index in [0.717, 1.165) is 15.6 Å². The number of carbonyl (C=O) groups excluding carboxylic acids is 1. The minimum atomic E-state index is -0.248. The molecule has 6 heteroatoms. The summed E-state index contributed by atoms with van der Waals surface area (Å²) < 4.78 is 17.0. The van der Waals surface area contributed by atoms with Crippen LogP contribution in [-0.2, 0) is 4.79 Å². The van der Waals surface area contributed by atoms with Crippen LogP contribution in [0.3, 0.4) is 0 Å². The van der Waals surface area contributed by atoms with Crippen molar-refractivity contribution in [1.82, 2.24) is 5.32 Å². The van der Waals surface area contributed by atoms with Crippen molar-refractivity contribution in [2.75, 3.05) is 20.8 Å². The minimum absolute atomic E-state index is 0.0711. The van der Waals surface area contributed by atoms with Crippen molar-refractivity contribution in [1.29, 1.82) is 0 Å². The number of hydrogen-bond acceptors (Lipinski definition) is 4. The van der Waals surface area contributed by atoms with Crippen molar-refractivity contribution in [3.05, 3.63) is 52.0 Å². The van der Waals surface area contributed by atoms with Gasteiger partial charge in [0.05, 0.1) is 24.7 Å². The minimum Gasteiger partial charge on any atom is -0.497 e. The fourth-order valence-electron chi connectivity index (χ4n) is 2.40. The first-order valence-electron chi connectivity index (χ1n) is 7.84. The highest BCUT2D eigenvalue weighted by Crippen LogP contribution is 2.29. The van der Waals surface area contributed by atoms with Crippen molar-refractivity contribution in [2.45, 2.75) is 19.9 Å². The van der Waals surface area contributed by atoms with Crippen LogP contribution in [0.25, 0.3) is 0 Å². The van der Waals surface area contributed by atoms with Gasteiger partial charge < -0.3 is 19.5 Å². The highest BCUT2D eigenvalue weighted by atomic mass is 79.9. The standard InChI is InChI=1S/C19H22BrNO4/c1-12-5-7-18(16(20)9-12)25-11-19(22)21-13(2)15-10-14(23-3)6-8-17(15)24-4/h5-10,13H,11H2,1-4H3,(H,21,22)/t13-/m1/s1. The first-order chi connectivity index (χ1) is 11.9. The Hall–Kier alpha value is -2.21. The van der Waals surface area contributed by atoms with Gasteiger partial charge in [0.1, 0.15) is 17.2 Å². The number of benzene rings is 2. The van der Waals surface area contributed by atoms with Crippen LogP contribution in [-0.4, -0.2) is 26.7 Å². The van der Waals surface area contributed by atoms with Crippen LogP contribution >= 0.6 is 15.9 Å². The lowest BCUT2D eigenvalue weighted by Crippen LogP contribution is -2.31. The van der Waals surface area contributed by atoms with Crippen LogP contribution in [0.5, 0.6) is 17.2 Å². The predicted octanol–water partition coefficient (Wildman–Crippen LogP) is 4.03. The van der Waals surface area contributed by atoms with Gasteiger partial charge in [-0.15, -0.1) is 0 Å². The summed E-state index contributed by atoms with van der Waals surface area (Å²) in [5.41, 5.74) is 1.95. The summed E-state index contributed by atoms with van der Waals surface area (Å²) in [6.45, 7) is 3.81. The van der Waals surface area contributed by atoms with Crippen molar-refractivity contribution in [3.63, 3.8) is 0 Å². The van der Waals surface area contributed by atoms with Crippen molar-refractivity contribution >= 4 is 21.8 Å². The number of hydrogen-bond donors (Lipinski definition) is 1. The lowest BCUT2D eigenvalue weighted by Gasteiger charge is -2.18. The number of carbonyl (C=O) groups is 1. The van der Waals surface area contributed by atoms with Gasteiger partial charge in [-0.05, 0) is 65.7 Å². The Morgan fingerprint density at radius 3 is 2.48 bits per heavy atom. The van der Waals surface area contributed by atoms with Gasteiger partial charge in [0, 0.05) is 5.56 Å². The SMILES string of the molecule is COc1ccc(OC)c([C@@H](C)NC(=O)COc2ccc(C)cc2Br)c1. The number of halogens is 1. The van der Waals surface area contributed by atoms with E-state index in [0.29, 0.717) is 17.2 Å². The highest BCUT2D eigenvalue weighted by Gasteiger charge is 2.16. The molecule has 0 aliphatic rings. The molecular formula is C19H22BrNO4. The van der Waals surface area contributed by atoms with Crippen LogP contribution in [0.1, 0.15) is 24.1 Å². The molecule has 0 aliphatic carbocycles. The predicted molar refractivity (Wildman–Crippen MR) is 100 cm³/mol. The molecule has 2 aromatic rings. The van der Waals surface area contributed by atoms with E-state index < -0.39 is 0 Å².